The zero-order chi connectivity index (χ0) is 13.1. The maximum Gasteiger partial charge on any atom is 0.337 e. The summed E-state index contributed by atoms with van der Waals surface area (Å²) in [5.74, 6) is -1.03. The summed E-state index contributed by atoms with van der Waals surface area (Å²) < 4.78 is 0. The van der Waals surface area contributed by atoms with Gasteiger partial charge in [0.1, 0.15) is 0 Å². The molecule has 0 saturated carbocycles. The Bertz CT molecular complexity index is 418. The van der Waals surface area contributed by atoms with Crippen LogP contribution in [0, 0.1) is 0 Å². The zero-order valence-corrected chi connectivity index (χ0v) is 10.6. The van der Waals surface area contributed by atoms with Crippen LogP contribution in [0.1, 0.15) is 30.6 Å². The fourth-order valence-electron chi connectivity index (χ4n) is 1.51. The van der Waals surface area contributed by atoms with Crippen molar-refractivity contribution < 1.29 is 15.0 Å². The molecule has 0 unspecified atom stereocenters. The minimum absolute atomic E-state index is 0.0377. The molecule has 0 aromatic heterocycles. The van der Waals surface area contributed by atoms with E-state index in [1.807, 2.05) is 13.8 Å². The van der Waals surface area contributed by atoms with Crippen LogP contribution in [-0.2, 0) is 0 Å². The van der Waals surface area contributed by atoms with Gasteiger partial charge >= 0.3 is 5.97 Å². The lowest BCUT2D eigenvalue weighted by Gasteiger charge is -2.27. The molecule has 0 bridgehead atoms. The Morgan fingerprint density at radius 1 is 1.47 bits per heavy atom. The van der Waals surface area contributed by atoms with Gasteiger partial charge in [-0.05, 0) is 38.5 Å². The van der Waals surface area contributed by atoms with Crippen molar-refractivity contribution in [3.8, 4) is 0 Å². The number of hydrogen-bond acceptors (Lipinski definition) is 3. The third kappa shape index (κ3) is 3.91. The first-order chi connectivity index (χ1) is 7.85. The third-order valence-corrected chi connectivity index (χ3v) is 2.66. The number of aromatic carboxylic acids is 1. The second-order valence-electron chi connectivity index (χ2n) is 4.48. The van der Waals surface area contributed by atoms with Crippen LogP contribution in [0.3, 0.4) is 0 Å². The summed E-state index contributed by atoms with van der Waals surface area (Å²) >= 11 is 5.76. The second kappa shape index (κ2) is 5.38. The molecule has 0 amide bonds. The maximum absolute atomic E-state index is 11.1. The van der Waals surface area contributed by atoms with E-state index in [1.165, 1.54) is 6.07 Å². The predicted octanol–water partition coefficient (Wildman–Crippen LogP) is 2.61. The maximum atomic E-state index is 11.1. The van der Waals surface area contributed by atoms with E-state index in [2.05, 4.69) is 5.32 Å². The Hall–Kier alpha value is -1.26. The lowest BCUT2D eigenvalue weighted by molar-refractivity contribution is 0.0698. The van der Waals surface area contributed by atoms with Crippen LogP contribution in [0.25, 0.3) is 0 Å². The Balaban J connectivity index is 3.02. The standard InChI is InChI=1S/C12H16ClNO3/c1-12(2,5-6-15)14-10-4-3-8(13)7-9(10)11(16)17/h3-4,7,14-15H,5-6H2,1-2H3,(H,16,17). The average molecular weight is 258 g/mol. The fourth-order valence-corrected chi connectivity index (χ4v) is 1.68. The SMILES string of the molecule is CC(C)(CCO)Nc1ccc(Cl)cc1C(=O)O. The molecule has 0 fully saturated rings. The summed E-state index contributed by atoms with van der Waals surface area (Å²) in [4.78, 5) is 11.1. The van der Waals surface area contributed by atoms with E-state index in [4.69, 9.17) is 21.8 Å². The minimum atomic E-state index is -1.03. The normalized spacial score (nSPS) is 11.3. The highest BCUT2D eigenvalue weighted by atomic mass is 35.5. The first kappa shape index (κ1) is 13.8. The number of aliphatic hydroxyl groups is 1. The molecule has 0 spiro atoms. The van der Waals surface area contributed by atoms with Crippen molar-refractivity contribution in [3.05, 3.63) is 28.8 Å². The highest BCUT2D eigenvalue weighted by Crippen LogP contribution is 2.25. The van der Waals surface area contributed by atoms with Crippen LogP contribution in [0.4, 0.5) is 5.69 Å². The summed E-state index contributed by atoms with van der Waals surface area (Å²) in [5.41, 5.74) is 0.246. The van der Waals surface area contributed by atoms with Crippen LogP contribution in [0.5, 0.6) is 0 Å². The highest BCUT2D eigenvalue weighted by Gasteiger charge is 2.20. The van der Waals surface area contributed by atoms with Crippen molar-refractivity contribution in [2.45, 2.75) is 25.8 Å². The molecule has 94 valence electrons. The molecule has 4 nitrogen and oxygen atoms in total. The summed E-state index contributed by atoms with van der Waals surface area (Å²) in [6, 6.07) is 4.66. The lowest BCUT2D eigenvalue weighted by Crippen LogP contribution is -2.32. The van der Waals surface area contributed by atoms with Gasteiger partial charge in [-0.3, -0.25) is 0 Å². The molecule has 5 heteroatoms. The predicted molar refractivity (Wildman–Crippen MR) is 67.8 cm³/mol. The number of aliphatic hydroxyl groups excluding tert-OH is 1. The molecule has 17 heavy (non-hydrogen) atoms. The average Bonchev–Trinajstić information content (AvgIpc) is 2.20. The number of rotatable bonds is 5. The van der Waals surface area contributed by atoms with Gasteiger partial charge in [-0.1, -0.05) is 11.6 Å². The first-order valence-corrected chi connectivity index (χ1v) is 5.65. The van der Waals surface area contributed by atoms with Crippen LogP contribution < -0.4 is 5.32 Å². The number of carboxylic acid groups (broad SMARTS) is 1. The van der Waals surface area contributed by atoms with Gasteiger partial charge in [0.15, 0.2) is 0 Å². The third-order valence-electron chi connectivity index (χ3n) is 2.42. The summed E-state index contributed by atoms with van der Waals surface area (Å²) in [6.45, 7) is 3.82. The molecule has 1 aromatic rings. The van der Waals surface area contributed by atoms with E-state index < -0.39 is 5.97 Å². The summed E-state index contributed by atoms with van der Waals surface area (Å²) in [7, 11) is 0. The molecule has 0 aliphatic rings. The number of anilines is 1. The second-order valence-corrected chi connectivity index (χ2v) is 4.91. The van der Waals surface area contributed by atoms with Gasteiger partial charge in [0.25, 0.3) is 0 Å². The van der Waals surface area contributed by atoms with Crippen LogP contribution in [-0.4, -0.2) is 28.3 Å². The number of benzene rings is 1. The van der Waals surface area contributed by atoms with Crippen LogP contribution in [0.2, 0.25) is 5.02 Å². The van der Waals surface area contributed by atoms with Crippen molar-refractivity contribution >= 4 is 23.3 Å². The quantitative estimate of drug-likeness (QED) is 0.758. The smallest absolute Gasteiger partial charge is 0.337 e. The van der Waals surface area contributed by atoms with Gasteiger partial charge in [0.05, 0.1) is 5.56 Å². The molecule has 0 heterocycles. The van der Waals surface area contributed by atoms with E-state index in [0.717, 1.165) is 0 Å². The summed E-state index contributed by atoms with van der Waals surface area (Å²) in [6.07, 6.45) is 0.523. The number of carboxylic acids is 1. The Morgan fingerprint density at radius 3 is 2.65 bits per heavy atom. The van der Waals surface area contributed by atoms with Crippen LogP contribution in [0.15, 0.2) is 18.2 Å². The fraction of sp³-hybridized carbons (Fsp3) is 0.417. The van der Waals surface area contributed by atoms with Crippen molar-refractivity contribution in [2.24, 2.45) is 0 Å². The lowest BCUT2D eigenvalue weighted by atomic mass is 10.00. The van der Waals surface area contributed by atoms with Crippen molar-refractivity contribution in [1.29, 1.82) is 0 Å². The molecule has 0 radical (unpaired) electrons. The largest absolute Gasteiger partial charge is 0.478 e. The van der Waals surface area contributed by atoms with E-state index in [0.29, 0.717) is 17.1 Å². The number of halogens is 1. The topological polar surface area (TPSA) is 69.6 Å². The van der Waals surface area contributed by atoms with Crippen molar-refractivity contribution in [3.63, 3.8) is 0 Å². The number of hydrogen-bond donors (Lipinski definition) is 3. The first-order valence-electron chi connectivity index (χ1n) is 5.27. The molecule has 1 aromatic carbocycles. The molecule has 0 aliphatic heterocycles. The van der Waals surface area contributed by atoms with Crippen molar-refractivity contribution in [2.75, 3.05) is 11.9 Å². The van der Waals surface area contributed by atoms with Gasteiger partial charge in [-0.2, -0.15) is 0 Å². The monoisotopic (exact) mass is 257 g/mol. The van der Waals surface area contributed by atoms with Gasteiger partial charge in [0.2, 0.25) is 0 Å². The molecule has 0 aliphatic carbocycles. The molecule has 0 saturated heterocycles. The Morgan fingerprint density at radius 2 is 2.12 bits per heavy atom. The van der Waals surface area contributed by atoms with Crippen LogP contribution >= 0.6 is 11.6 Å². The van der Waals surface area contributed by atoms with E-state index in [1.54, 1.807) is 12.1 Å². The molecule has 0 atom stereocenters. The zero-order valence-electron chi connectivity index (χ0n) is 9.83. The van der Waals surface area contributed by atoms with Gasteiger partial charge in [-0.15, -0.1) is 0 Å². The molecular formula is C12H16ClNO3. The molecule has 1 rings (SSSR count). The van der Waals surface area contributed by atoms with Gasteiger partial charge in [0, 0.05) is 22.9 Å². The Kier molecular flexibility index (Phi) is 4.37. The number of carbonyl (C=O) groups is 1. The highest BCUT2D eigenvalue weighted by molar-refractivity contribution is 6.31. The molecular weight excluding hydrogens is 242 g/mol. The van der Waals surface area contributed by atoms with Gasteiger partial charge < -0.3 is 15.5 Å². The van der Waals surface area contributed by atoms with E-state index in [-0.39, 0.29) is 17.7 Å². The number of nitrogens with one attached hydrogen (secondary N) is 1. The summed E-state index contributed by atoms with van der Waals surface area (Å²) in [5, 5.41) is 21.5. The van der Waals surface area contributed by atoms with Gasteiger partial charge in [-0.25, -0.2) is 4.79 Å². The van der Waals surface area contributed by atoms with E-state index in [9.17, 15) is 4.79 Å². The Labute approximate surface area is 105 Å². The minimum Gasteiger partial charge on any atom is -0.478 e. The van der Waals surface area contributed by atoms with E-state index >= 15 is 0 Å². The molecule has 3 N–H and O–H groups in total. The van der Waals surface area contributed by atoms with Crippen molar-refractivity contribution in [1.82, 2.24) is 0 Å².